The normalized spacial score (nSPS) is 23.8. The Labute approximate surface area is 240 Å². The van der Waals surface area contributed by atoms with E-state index in [1.54, 1.807) is 13.2 Å². The van der Waals surface area contributed by atoms with E-state index in [1.807, 2.05) is 27.8 Å². The molecule has 3 aliphatic rings. The zero-order chi connectivity index (χ0) is 29.9. The molecule has 3 heterocycles. The van der Waals surface area contributed by atoms with Crippen LogP contribution in [0.25, 0.3) is 0 Å². The molecule has 0 spiro atoms. The maximum atomic E-state index is 13.8. The Morgan fingerprint density at radius 1 is 0.902 bits per heavy atom. The van der Waals surface area contributed by atoms with Crippen LogP contribution in [0.5, 0.6) is 0 Å². The molecule has 0 aromatic heterocycles. The number of ether oxygens (including phenoxy) is 1. The van der Waals surface area contributed by atoms with Gasteiger partial charge in [0.25, 0.3) is 17.6 Å². The minimum absolute atomic E-state index is 0.242. The van der Waals surface area contributed by atoms with Crippen molar-refractivity contribution >= 4 is 71.2 Å². The largest absolute Gasteiger partial charge is 0.381 e. The summed E-state index contributed by atoms with van der Waals surface area (Å²) in [5, 5.41) is 47.3. The van der Waals surface area contributed by atoms with E-state index in [9.17, 15) is 34.8 Å². The second kappa shape index (κ2) is 10.3. The first kappa shape index (κ1) is 29.4. The lowest BCUT2D eigenvalue weighted by Crippen LogP contribution is -2.86. The van der Waals surface area contributed by atoms with Crippen LogP contribution in [0.3, 0.4) is 0 Å². The minimum atomic E-state index is -3.75. The zero-order valence-corrected chi connectivity index (χ0v) is 23.6. The number of carbonyl (C=O) groups is 3. The predicted octanol–water partition coefficient (Wildman–Crippen LogP) is -7.79. The Kier molecular flexibility index (Phi) is 7.38. The Morgan fingerprint density at radius 2 is 1.51 bits per heavy atom. The second-order valence-electron chi connectivity index (χ2n) is 11.3. The van der Waals surface area contributed by atoms with Gasteiger partial charge in [0.1, 0.15) is 29.0 Å². The van der Waals surface area contributed by atoms with Crippen molar-refractivity contribution in [3.63, 3.8) is 0 Å². The number of benzene rings is 2. The standard InChI is InChI=1S/C25H32B4N4O8/c26-16-15-14(11-33(20(15)34)23(29)21(35)31-22(36)24(37,38)25(23,39)40)19(18(28)17(16)27)30-9-12-1-3-13(4-2-12)10-32-5-7-41-8-6-32/h1-4,30,37-40H,5-11,26-29H2,(H,31,35,36). The van der Waals surface area contributed by atoms with Gasteiger partial charge in [-0.25, -0.2) is 0 Å². The highest BCUT2D eigenvalue weighted by Gasteiger charge is 2.73. The lowest BCUT2D eigenvalue weighted by Gasteiger charge is -2.52. The fourth-order valence-corrected chi connectivity index (χ4v) is 5.90. The topological polar surface area (TPSA) is 172 Å². The highest BCUT2D eigenvalue weighted by Crippen LogP contribution is 2.41. The van der Waals surface area contributed by atoms with Gasteiger partial charge in [-0.3, -0.25) is 24.6 Å². The second-order valence-corrected chi connectivity index (χ2v) is 11.3. The summed E-state index contributed by atoms with van der Waals surface area (Å²) < 4.78 is 5.42. The number of amides is 3. The van der Waals surface area contributed by atoms with Crippen molar-refractivity contribution in [2.24, 2.45) is 0 Å². The van der Waals surface area contributed by atoms with Gasteiger partial charge in [0.15, 0.2) is 7.85 Å². The summed E-state index contributed by atoms with van der Waals surface area (Å²) in [6.07, 6.45) is 0. The predicted molar refractivity (Wildman–Crippen MR) is 159 cm³/mol. The molecule has 2 saturated heterocycles. The van der Waals surface area contributed by atoms with Gasteiger partial charge in [-0.05, 0) is 11.1 Å². The molecule has 0 aliphatic carbocycles. The molecule has 3 amide bonds. The Hall–Kier alpha value is -3.13. The maximum Gasteiger partial charge on any atom is 0.303 e. The number of imide groups is 1. The van der Waals surface area contributed by atoms with E-state index in [-0.39, 0.29) is 12.1 Å². The molecule has 6 N–H and O–H groups in total. The van der Waals surface area contributed by atoms with E-state index >= 15 is 0 Å². The van der Waals surface area contributed by atoms with E-state index < -0.39 is 34.7 Å². The van der Waals surface area contributed by atoms with Gasteiger partial charge >= 0.3 is 5.79 Å². The Morgan fingerprint density at radius 3 is 2.15 bits per heavy atom. The quantitative estimate of drug-likeness (QED) is 0.113. The van der Waals surface area contributed by atoms with Gasteiger partial charge in [0.2, 0.25) is 5.91 Å². The summed E-state index contributed by atoms with van der Waals surface area (Å²) in [5.41, 5.74) is 3.44. The highest BCUT2D eigenvalue weighted by molar-refractivity contribution is 6.60. The molecule has 16 heteroatoms. The SMILES string of the molecule is Bc1c(B)c(NCc2ccc(CN3CCOCC3)cc2)c2c(c1B)C(=O)N(C1(B)C(=O)NC(=O)C(O)(O)C1(O)O)C2. The number of hydrogen-bond donors (Lipinski definition) is 6. The number of nitrogens with zero attached hydrogens (tertiary/aromatic N) is 2. The van der Waals surface area contributed by atoms with E-state index in [0.717, 1.165) is 62.1 Å². The van der Waals surface area contributed by atoms with Crippen LogP contribution in [0.1, 0.15) is 27.0 Å². The van der Waals surface area contributed by atoms with Crippen LogP contribution in [0, 0.1) is 0 Å². The van der Waals surface area contributed by atoms with Crippen molar-refractivity contribution < 1.29 is 39.5 Å². The third-order valence-corrected chi connectivity index (χ3v) is 8.95. The van der Waals surface area contributed by atoms with Crippen LogP contribution in [0.15, 0.2) is 24.3 Å². The lowest BCUT2D eigenvalue weighted by atomic mass is 9.63. The van der Waals surface area contributed by atoms with Crippen molar-refractivity contribution in [1.82, 2.24) is 15.1 Å². The molecule has 0 radical (unpaired) electrons. The number of rotatable bonds is 6. The smallest absolute Gasteiger partial charge is 0.303 e. The average molecular weight is 560 g/mol. The molecule has 12 nitrogen and oxygen atoms in total. The van der Waals surface area contributed by atoms with Crippen molar-refractivity contribution in [3.8, 4) is 0 Å². The minimum Gasteiger partial charge on any atom is -0.381 e. The van der Waals surface area contributed by atoms with E-state index in [0.29, 0.717) is 23.3 Å². The maximum absolute atomic E-state index is 13.8. The van der Waals surface area contributed by atoms with Crippen molar-refractivity contribution in [2.75, 3.05) is 31.6 Å². The fourth-order valence-electron chi connectivity index (χ4n) is 5.90. The van der Waals surface area contributed by atoms with E-state index in [4.69, 9.17) is 4.74 Å². The molecule has 41 heavy (non-hydrogen) atoms. The van der Waals surface area contributed by atoms with Gasteiger partial charge in [-0.15, -0.1) is 0 Å². The highest BCUT2D eigenvalue weighted by atomic mass is 16.6. The van der Waals surface area contributed by atoms with Gasteiger partial charge in [-0.1, -0.05) is 40.7 Å². The number of nitrogens with one attached hydrogen (secondary N) is 2. The molecule has 212 valence electrons. The third kappa shape index (κ3) is 4.49. The molecular weight excluding hydrogens is 528 g/mol. The molecule has 2 aromatic rings. The molecule has 1 unspecified atom stereocenters. The number of piperidine rings is 1. The summed E-state index contributed by atoms with van der Waals surface area (Å²) in [4.78, 5) is 42.0. The lowest BCUT2D eigenvalue weighted by molar-refractivity contribution is -0.362. The molecule has 2 aromatic carbocycles. The van der Waals surface area contributed by atoms with Crippen molar-refractivity contribution in [2.45, 2.75) is 36.6 Å². The van der Waals surface area contributed by atoms with Gasteiger partial charge < -0.3 is 35.4 Å². The molecule has 2 fully saturated rings. The molecule has 0 saturated carbocycles. The van der Waals surface area contributed by atoms with Crippen LogP contribution in [0.2, 0.25) is 0 Å². The zero-order valence-electron chi connectivity index (χ0n) is 23.6. The monoisotopic (exact) mass is 560 g/mol. The van der Waals surface area contributed by atoms with Gasteiger partial charge in [0.05, 0.1) is 13.2 Å². The van der Waals surface area contributed by atoms with Crippen LogP contribution in [0.4, 0.5) is 5.69 Å². The van der Waals surface area contributed by atoms with Crippen LogP contribution in [-0.2, 0) is 34.0 Å². The van der Waals surface area contributed by atoms with Gasteiger partial charge in [-0.2, -0.15) is 0 Å². The van der Waals surface area contributed by atoms with E-state index in [1.165, 1.54) is 5.56 Å². The number of hydrogen-bond acceptors (Lipinski definition) is 10. The van der Waals surface area contributed by atoms with Gasteiger partial charge in [0, 0.05) is 49.5 Å². The first-order chi connectivity index (χ1) is 19.2. The Bertz CT molecular complexity index is 1430. The number of morpholine rings is 1. The molecule has 1 atom stereocenters. The van der Waals surface area contributed by atoms with Crippen LogP contribution >= 0.6 is 0 Å². The number of carbonyl (C=O) groups excluding carboxylic acids is 3. The molecule has 0 bridgehead atoms. The summed E-state index contributed by atoms with van der Waals surface area (Å²) in [7, 11) is 6.53. The summed E-state index contributed by atoms with van der Waals surface area (Å²) in [6, 6.07) is 8.24. The summed E-state index contributed by atoms with van der Waals surface area (Å²) in [6.45, 7) is 4.32. The molecule has 3 aliphatic heterocycles. The molecule has 5 rings (SSSR count). The number of aliphatic hydroxyl groups is 4. The first-order valence-corrected chi connectivity index (χ1v) is 13.5. The van der Waals surface area contributed by atoms with Crippen LogP contribution < -0.4 is 27.0 Å². The first-order valence-electron chi connectivity index (χ1n) is 13.5. The Balaban J connectivity index is 1.43. The fraction of sp³-hybridized carbons (Fsp3) is 0.400. The third-order valence-electron chi connectivity index (χ3n) is 8.95. The number of fused-ring (bicyclic) bond motifs is 1. The number of anilines is 1. The average Bonchev–Trinajstić information content (AvgIpc) is 3.28. The summed E-state index contributed by atoms with van der Waals surface area (Å²) in [5.74, 6) is -11.1. The molecular formula is C25H32B4N4O8. The summed E-state index contributed by atoms with van der Waals surface area (Å²) >= 11 is 0. The van der Waals surface area contributed by atoms with Crippen molar-refractivity contribution in [3.05, 3.63) is 46.5 Å². The van der Waals surface area contributed by atoms with Crippen LogP contribution in [-0.4, -0.2) is 123 Å². The van der Waals surface area contributed by atoms with Crippen molar-refractivity contribution in [1.29, 1.82) is 0 Å². The van der Waals surface area contributed by atoms with E-state index in [2.05, 4.69) is 22.3 Å².